The monoisotopic (exact) mass is 257 g/mol. The van der Waals surface area contributed by atoms with Crippen LogP contribution in [-0.4, -0.2) is 37.6 Å². The molecule has 1 aromatic carbocycles. The van der Waals surface area contributed by atoms with Crippen molar-refractivity contribution in [2.24, 2.45) is 5.92 Å². The van der Waals surface area contributed by atoms with Crippen LogP contribution < -0.4 is 4.90 Å². The second kappa shape index (κ2) is 6.08. The first-order valence-electron chi connectivity index (χ1n) is 6.99. The van der Waals surface area contributed by atoms with Gasteiger partial charge in [0.2, 0.25) is 0 Å². The maximum Gasteiger partial charge on any atom is 0.0638 e. The summed E-state index contributed by atoms with van der Waals surface area (Å²) in [6.07, 6.45) is 0.603. The number of rotatable bonds is 2. The topological polar surface area (TPSA) is 30.3 Å². The van der Waals surface area contributed by atoms with Gasteiger partial charge in [-0.15, -0.1) is 0 Å². The number of nitrogens with zero attached hydrogens (tertiary/aromatic N) is 3. The average molecular weight is 257 g/mol. The number of benzene rings is 1. The fourth-order valence-electron chi connectivity index (χ4n) is 2.98. The summed E-state index contributed by atoms with van der Waals surface area (Å²) in [5, 5.41) is 9.01. The summed E-state index contributed by atoms with van der Waals surface area (Å²) in [6, 6.07) is 11.2. The number of hydrogen-bond donors (Lipinski definition) is 0. The number of likely N-dealkylation sites (N-methyl/N-ethyl adjacent to an activating group) is 1. The van der Waals surface area contributed by atoms with Crippen molar-refractivity contribution in [3.05, 3.63) is 29.8 Å². The van der Waals surface area contributed by atoms with Crippen molar-refractivity contribution in [3.8, 4) is 6.07 Å². The molecule has 1 aliphatic heterocycles. The smallest absolute Gasteiger partial charge is 0.0638 e. The highest BCUT2D eigenvalue weighted by Gasteiger charge is 2.26. The van der Waals surface area contributed by atoms with Crippen molar-refractivity contribution in [2.75, 3.05) is 31.6 Å². The molecular formula is C16H23N3. The zero-order valence-electron chi connectivity index (χ0n) is 12.1. The lowest BCUT2D eigenvalue weighted by Crippen LogP contribution is -2.38. The number of para-hydroxylation sites is 1. The second-order valence-corrected chi connectivity index (χ2v) is 5.75. The number of aryl methyl sites for hydroxylation is 1. The predicted molar refractivity (Wildman–Crippen MR) is 79.2 cm³/mol. The largest absolute Gasteiger partial charge is 0.369 e. The Balaban J connectivity index is 2.24. The first kappa shape index (κ1) is 13.9. The predicted octanol–water partition coefficient (Wildman–Crippen LogP) is 2.67. The van der Waals surface area contributed by atoms with Crippen LogP contribution in [0, 0.1) is 24.2 Å². The molecule has 2 rings (SSSR count). The summed E-state index contributed by atoms with van der Waals surface area (Å²) >= 11 is 0. The lowest BCUT2D eigenvalue weighted by Gasteiger charge is -2.29. The van der Waals surface area contributed by atoms with Crippen LogP contribution in [0.3, 0.4) is 0 Å². The lowest BCUT2D eigenvalue weighted by atomic mass is 10.1. The molecule has 1 aromatic rings. The maximum atomic E-state index is 9.01. The molecule has 102 valence electrons. The fraction of sp³-hybridized carbons (Fsp3) is 0.562. The van der Waals surface area contributed by atoms with Gasteiger partial charge in [0.25, 0.3) is 0 Å². The van der Waals surface area contributed by atoms with E-state index in [0.717, 1.165) is 19.6 Å². The SMILES string of the molecule is Cc1ccccc1N1CC(C)CN(C)C(CC#N)C1. The van der Waals surface area contributed by atoms with Gasteiger partial charge in [0.1, 0.15) is 0 Å². The van der Waals surface area contributed by atoms with E-state index in [1.54, 1.807) is 0 Å². The Morgan fingerprint density at radius 1 is 1.26 bits per heavy atom. The van der Waals surface area contributed by atoms with Crippen LogP contribution in [0.1, 0.15) is 18.9 Å². The maximum absolute atomic E-state index is 9.01. The van der Waals surface area contributed by atoms with E-state index in [2.05, 4.69) is 61.0 Å². The highest BCUT2D eigenvalue weighted by atomic mass is 15.2. The molecule has 19 heavy (non-hydrogen) atoms. The summed E-state index contributed by atoms with van der Waals surface area (Å²) in [7, 11) is 2.14. The number of anilines is 1. The lowest BCUT2D eigenvalue weighted by molar-refractivity contribution is 0.241. The molecule has 1 saturated heterocycles. The van der Waals surface area contributed by atoms with E-state index in [-0.39, 0.29) is 0 Å². The summed E-state index contributed by atoms with van der Waals surface area (Å²) in [5.74, 6) is 0.619. The second-order valence-electron chi connectivity index (χ2n) is 5.75. The molecule has 0 amide bonds. The van der Waals surface area contributed by atoms with Gasteiger partial charge in [-0.25, -0.2) is 0 Å². The molecule has 0 bridgehead atoms. The van der Waals surface area contributed by atoms with Crippen LogP contribution >= 0.6 is 0 Å². The van der Waals surface area contributed by atoms with Crippen molar-refractivity contribution in [1.29, 1.82) is 5.26 Å². The molecular weight excluding hydrogens is 234 g/mol. The zero-order chi connectivity index (χ0) is 13.8. The first-order valence-corrected chi connectivity index (χ1v) is 6.99. The Hall–Kier alpha value is -1.53. The van der Waals surface area contributed by atoms with Gasteiger partial charge in [-0.05, 0) is 31.5 Å². The van der Waals surface area contributed by atoms with Crippen LogP contribution in [0.4, 0.5) is 5.69 Å². The summed E-state index contributed by atoms with van der Waals surface area (Å²) < 4.78 is 0. The van der Waals surface area contributed by atoms with Gasteiger partial charge in [0.05, 0.1) is 12.5 Å². The van der Waals surface area contributed by atoms with Crippen LogP contribution in [0.2, 0.25) is 0 Å². The summed E-state index contributed by atoms with van der Waals surface area (Å²) in [4.78, 5) is 4.79. The third-order valence-electron chi connectivity index (χ3n) is 3.97. The fourth-order valence-corrected chi connectivity index (χ4v) is 2.98. The molecule has 2 atom stereocenters. The van der Waals surface area contributed by atoms with Gasteiger partial charge in [-0.3, -0.25) is 0 Å². The minimum atomic E-state index is 0.328. The van der Waals surface area contributed by atoms with Gasteiger partial charge in [-0.1, -0.05) is 25.1 Å². The quantitative estimate of drug-likeness (QED) is 0.816. The van der Waals surface area contributed by atoms with Crippen molar-refractivity contribution < 1.29 is 0 Å². The molecule has 3 heteroatoms. The molecule has 3 nitrogen and oxygen atoms in total. The average Bonchev–Trinajstić information content (AvgIpc) is 2.50. The van der Waals surface area contributed by atoms with Crippen LogP contribution in [0.25, 0.3) is 0 Å². The van der Waals surface area contributed by atoms with Crippen LogP contribution in [0.5, 0.6) is 0 Å². The van der Waals surface area contributed by atoms with Gasteiger partial charge >= 0.3 is 0 Å². The van der Waals surface area contributed by atoms with E-state index < -0.39 is 0 Å². The third-order valence-corrected chi connectivity index (χ3v) is 3.97. The molecule has 0 N–H and O–H groups in total. The summed E-state index contributed by atoms with van der Waals surface area (Å²) in [6.45, 7) is 7.52. The van der Waals surface area contributed by atoms with E-state index in [1.165, 1.54) is 11.3 Å². The molecule has 1 aliphatic rings. The van der Waals surface area contributed by atoms with E-state index in [1.807, 2.05) is 0 Å². The Labute approximate surface area is 116 Å². The van der Waals surface area contributed by atoms with Crippen molar-refractivity contribution in [3.63, 3.8) is 0 Å². The summed E-state index contributed by atoms with van der Waals surface area (Å²) in [5.41, 5.74) is 2.63. The van der Waals surface area contributed by atoms with Crippen molar-refractivity contribution in [1.82, 2.24) is 4.90 Å². The molecule has 0 spiro atoms. The van der Waals surface area contributed by atoms with Gasteiger partial charge in [0.15, 0.2) is 0 Å². The Kier molecular flexibility index (Phi) is 4.44. The van der Waals surface area contributed by atoms with Crippen molar-refractivity contribution >= 4 is 5.69 Å². The molecule has 1 heterocycles. The molecule has 1 fully saturated rings. The van der Waals surface area contributed by atoms with Crippen LogP contribution in [0.15, 0.2) is 24.3 Å². The number of nitriles is 1. The van der Waals surface area contributed by atoms with E-state index in [9.17, 15) is 0 Å². The Morgan fingerprint density at radius 2 is 2.00 bits per heavy atom. The van der Waals surface area contributed by atoms with Gasteiger partial charge in [-0.2, -0.15) is 5.26 Å². The normalized spacial score (nSPS) is 24.8. The van der Waals surface area contributed by atoms with E-state index in [4.69, 9.17) is 5.26 Å². The van der Waals surface area contributed by atoms with E-state index >= 15 is 0 Å². The highest BCUT2D eigenvalue weighted by Crippen LogP contribution is 2.24. The third kappa shape index (κ3) is 3.27. The Bertz CT molecular complexity index is 463. The standard InChI is InChI=1S/C16H23N3/c1-13-10-18(3)15(8-9-17)12-19(11-13)16-7-5-4-6-14(16)2/h4-7,13,15H,8,10-12H2,1-3H3. The molecule has 2 unspecified atom stereocenters. The molecule has 0 aliphatic carbocycles. The number of hydrogen-bond acceptors (Lipinski definition) is 3. The zero-order valence-corrected chi connectivity index (χ0v) is 12.1. The minimum Gasteiger partial charge on any atom is -0.369 e. The molecule has 0 radical (unpaired) electrons. The Morgan fingerprint density at radius 3 is 2.68 bits per heavy atom. The van der Waals surface area contributed by atoms with Crippen LogP contribution in [-0.2, 0) is 0 Å². The highest BCUT2D eigenvalue weighted by molar-refractivity contribution is 5.53. The molecule has 0 aromatic heterocycles. The van der Waals surface area contributed by atoms with E-state index in [0.29, 0.717) is 18.4 Å². The minimum absolute atomic E-state index is 0.328. The van der Waals surface area contributed by atoms with Gasteiger partial charge < -0.3 is 9.80 Å². The molecule has 0 saturated carbocycles. The van der Waals surface area contributed by atoms with Crippen molar-refractivity contribution in [2.45, 2.75) is 26.3 Å². The van der Waals surface area contributed by atoms with Gasteiger partial charge in [0, 0.05) is 31.4 Å². The first-order chi connectivity index (χ1) is 9.11.